The van der Waals surface area contributed by atoms with Gasteiger partial charge in [-0.05, 0) is 0 Å². The predicted octanol–water partition coefficient (Wildman–Crippen LogP) is 6.22. The molecule has 1 atom stereocenters. The number of hydrogen-bond donors (Lipinski definition) is 0. The first-order valence-electron chi connectivity index (χ1n) is 8.20. The molecule has 0 fully saturated rings. The molecule has 129 valence electrons. The van der Waals surface area contributed by atoms with Crippen LogP contribution in [0.15, 0.2) is 66.7 Å². The third kappa shape index (κ3) is 3.74. The van der Waals surface area contributed by atoms with Crippen LogP contribution >= 0.6 is 24.8 Å². The van der Waals surface area contributed by atoms with Crippen molar-refractivity contribution >= 4 is 48.5 Å². The Hall–Kier alpha value is -0.660. The molecule has 0 saturated heterocycles. The van der Waals surface area contributed by atoms with Gasteiger partial charge in [-0.2, -0.15) is 0 Å². The summed E-state index contributed by atoms with van der Waals surface area (Å²) in [5.74, 6) is 0. The second-order valence-corrected chi connectivity index (χ2v) is 29.2. The van der Waals surface area contributed by atoms with Gasteiger partial charge in [0.1, 0.15) is 0 Å². The molecule has 1 unspecified atom stereocenters. The van der Waals surface area contributed by atoms with E-state index in [0.29, 0.717) is 3.63 Å². The molecule has 0 nitrogen and oxygen atoms in total. The van der Waals surface area contributed by atoms with Gasteiger partial charge >= 0.3 is 144 Å². The Morgan fingerprint density at radius 2 is 1.44 bits per heavy atom. The van der Waals surface area contributed by atoms with Gasteiger partial charge in [-0.15, -0.1) is 24.8 Å². The van der Waals surface area contributed by atoms with Crippen LogP contribution in [-0.4, -0.2) is 6.88 Å². The average molecular weight is 466 g/mol. The molecule has 0 saturated carbocycles. The van der Waals surface area contributed by atoms with Crippen LogP contribution in [0.4, 0.5) is 0 Å². The van der Waals surface area contributed by atoms with Crippen molar-refractivity contribution in [2.45, 2.75) is 12.9 Å². The van der Waals surface area contributed by atoms with Crippen LogP contribution in [-0.2, 0) is 18.9 Å². The van der Waals surface area contributed by atoms with Gasteiger partial charge in [0.15, 0.2) is 0 Å². The summed E-state index contributed by atoms with van der Waals surface area (Å²) in [5.41, 5.74) is 5.75. The topological polar surface area (TPSA) is 0 Å². The molecule has 0 N–H and O–H groups in total. The SMILES string of the molecule is Cl.Cl.[CH3][Zr]([CH3])(=[SiH2])[CH]1C=Cc2c(-c3cccc4ccccc34)cccc21. The fraction of sp³-hybridized carbons (Fsp3) is 0.143. The Morgan fingerprint density at radius 3 is 2.20 bits per heavy atom. The molecule has 0 heterocycles. The van der Waals surface area contributed by atoms with Crippen LogP contribution < -0.4 is 0 Å². The third-order valence-corrected chi connectivity index (χ3v) is 12.8. The van der Waals surface area contributed by atoms with Gasteiger partial charge in [0.2, 0.25) is 0 Å². The van der Waals surface area contributed by atoms with Crippen molar-refractivity contribution in [2.75, 3.05) is 0 Å². The molecule has 3 aromatic carbocycles. The van der Waals surface area contributed by atoms with Gasteiger partial charge in [0, 0.05) is 0 Å². The number of allylic oxidation sites excluding steroid dienone is 1. The van der Waals surface area contributed by atoms with E-state index >= 15 is 0 Å². The molecule has 0 radical (unpaired) electrons. The van der Waals surface area contributed by atoms with Crippen molar-refractivity contribution in [3.05, 3.63) is 77.9 Å². The number of halogens is 2. The summed E-state index contributed by atoms with van der Waals surface area (Å²) in [5, 5.41) is 2.67. The molecule has 0 bridgehead atoms. The van der Waals surface area contributed by atoms with Crippen LogP contribution in [0.25, 0.3) is 28.0 Å². The average Bonchev–Trinajstić information content (AvgIpc) is 2.98. The first kappa shape index (κ1) is 20.6. The van der Waals surface area contributed by atoms with Crippen molar-refractivity contribution in [2.24, 2.45) is 0 Å². The molecule has 3 aromatic rings. The van der Waals surface area contributed by atoms with E-state index in [-0.39, 0.29) is 24.8 Å². The van der Waals surface area contributed by atoms with Crippen LogP contribution in [0.3, 0.4) is 0 Å². The van der Waals surface area contributed by atoms with Crippen LogP contribution in [0, 0.1) is 0 Å². The minimum atomic E-state index is -1.97. The zero-order chi connectivity index (χ0) is 16.0. The molecule has 0 amide bonds. The number of hydrogen-bond acceptors (Lipinski definition) is 0. The second-order valence-electron chi connectivity index (χ2n) is 7.16. The van der Waals surface area contributed by atoms with E-state index in [2.05, 4.69) is 89.0 Å². The predicted molar refractivity (Wildman–Crippen MR) is 116 cm³/mol. The van der Waals surface area contributed by atoms with E-state index in [4.69, 9.17) is 0 Å². The van der Waals surface area contributed by atoms with Gasteiger partial charge in [0.05, 0.1) is 0 Å². The van der Waals surface area contributed by atoms with Crippen LogP contribution in [0.1, 0.15) is 14.8 Å². The summed E-state index contributed by atoms with van der Waals surface area (Å²) in [7, 11) is 0. The van der Waals surface area contributed by atoms with E-state index in [0.717, 1.165) is 0 Å². The van der Waals surface area contributed by atoms with Crippen LogP contribution in [0.2, 0.25) is 9.26 Å². The molecule has 1 aliphatic carbocycles. The van der Waals surface area contributed by atoms with Gasteiger partial charge in [-0.25, -0.2) is 0 Å². The first-order valence-corrected chi connectivity index (χ1v) is 20.5. The molecule has 1 aliphatic rings. The third-order valence-electron chi connectivity index (χ3n) is 4.85. The number of benzene rings is 3. The molecule has 25 heavy (non-hydrogen) atoms. The molecular formula is C21H23Cl2SiZr. The number of rotatable bonds is 2. The van der Waals surface area contributed by atoms with Crippen molar-refractivity contribution in [1.29, 1.82) is 0 Å². The van der Waals surface area contributed by atoms with Gasteiger partial charge in [-0.1, -0.05) is 0 Å². The normalized spacial score (nSPS) is 15.4. The number of fused-ring (bicyclic) bond motifs is 2. The summed E-state index contributed by atoms with van der Waals surface area (Å²) in [4.78, 5) is 0. The first-order chi connectivity index (χ1) is 11.1. The van der Waals surface area contributed by atoms with Crippen LogP contribution in [0.5, 0.6) is 0 Å². The zero-order valence-corrected chi connectivity index (χ0v) is 20.0. The summed E-state index contributed by atoms with van der Waals surface area (Å²) < 4.78 is 5.80. The Morgan fingerprint density at radius 1 is 0.800 bits per heavy atom. The molecule has 4 heteroatoms. The van der Waals surface area contributed by atoms with Crippen molar-refractivity contribution in [1.82, 2.24) is 0 Å². The monoisotopic (exact) mass is 463 g/mol. The molecular weight excluding hydrogens is 442 g/mol. The summed E-state index contributed by atoms with van der Waals surface area (Å²) in [6.45, 7) is 2.31. The molecule has 0 aliphatic heterocycles. The fourth-order valence-electron chi connectivity index (χ4n) is 3.71. The minimum absolute atomic E-state index is 0. The Labute approximate surface area is 168 Å². The molecule has 0 aromatic heterocycles. The van der Waals surface area contributed by atoms with Gasteiger partial charge in [0.25, 0.3) is 0 Å². The molecule has 0 spiro atoms. The molecule has 4 rings (SSSR count). The van der Waals surface area contributed by atoms with Gasteiger partial charge < -0.3 is 0 Å². The Balaban J connectivity index is 0.00000113. The van der Waals surface area contributed by atoms with E-state index < -0.39 is 18.9 Å². The summed E-state index contributed by atoms with van der Waals surface area (Å²) >= 11 is -1.97. The quantitative estimate of drug-likeness (QED) is 0.394. The summed E-state index contributed by atoms with van der Waals surface area (Å²) in [6, 6.07) is 22.2. The Kier molecular flexibility index (Phi) is 6.55. The van der Waals surface area contributed by atoms with Crippen molar-refractivity contribution < 1.29 is 18.9 Å². The van der Waals surface area contributed by atoms with E-state index in [1.54, 1.807) is 5.56 Å². The fourth-order valence-corrected chi connectivity index (χ4v) is 10.0. The van der Waals surface area contributed by atoms with Crippen molar-refractivity contribution in [3.8, 4) is 11.1 Å². The standard InChI is InChI=1S/C19H13.2CH3.2ClH.H2Si.Zr/c1-2-10-16-14(6-1)8-4-12-18(16)19-13-5-9-15-7-3-11-17(15)19;;;;;;/h1-13H;2*1H3;2*1H;1H2;. The Bertz CT molecular complexity index is 983. The maximum atomic E-state index is 2.54. The second kappa shape index (κ2) is 7.92. The van der Waals surface area contributed by atoms with Crippen molar-refractivity contribution in [3.63, 3.8) is 0 Å². The van der Waals surface area contributed by atoms with E-state index in [9.17, 15) is 0 Å². The van der Waals surface area contributed by atoms with E-state index in [1.165, 1.54) is 27.5 Å². The summed E-state index contributed by atoms with van der Waals surface area (Å²) in [6.07, 6.45) is 4.85. The van der Waals surface area contributed by atoms with E-state index in [1.807, 2.05) is 0 Å². The zero-order valence-electron chi connectivity index (χ0n) is 14.5. The maximum absolute atomic E-state index is 2.54. The van der Waals surface area contributed by atoms with Gasteiger partial charge in [-0.3, -0.25) is 0 Å².